The molecule has 1 unspecified atom stereocenters. The summed E-state index contributed by atoms with van der Waals surface area (Å²) in [6.07, 6.45) is -0.794. The summed E-state index contributed by atoms with van der Waals surface area (Å²) in [5, 5.41) is 0. The van der Waals surface area contributed by atoms with Crippen LogP contribution in [0.4, 0.5) is 5.69 Å². The summed E-state index contributed by atoms with van der Waals surface area (Å²) in [5.41, 5.74) is 2.06. The predicted octanol–water partition coefficient (Wildman–Crippen LogP) is 2.25. The molecule has 5 nitrogen and oxygen atoms in total. The van der Waals surface area contributed by atoms with Crippen molar-refractivity contribution in [3.05, 3.63) is 29.8 Å². The van der Waals surface area contributed by atoms with Crippen LogP contribution in [0, 0.1) is 6.92 Å². The van der Waals surface area contributed by atoms with Crippen LogP contribution in [0.3, 0.4) is 0 Å². The Balaban J connectivity index is 2.80. The van der Waals surface area contributed by atoms with Gasteiger partial charge in [0.25, 0.3) is 0 Å². The molecule has 0 radical (unpaired) electrons. The third kappa shape index (κ3) is 5.78. The van der Waals surface area contributed by atoms with Gasteiger partial charge in [-0.25, -0.2) is 4.18 Å². The van der Waals surface area contributed by atoms with Gasteiger partial charge in [0.05, 0.1) is 5.88 Å². The molecule has 0 fully saturated rings. The van der Waals surface area contributed by atoms with E-state index in [1.807, 2.05) is 43.0 Å². The maximum atomic E-state index is 10.7. The molecule has 0 saturated carbocycles. The minimum Gasteiger partial charge on any atom is -0.369 e. The predicted molar refractivity (Wildman–Crippen MR) is 76.2 cm³/mol. The van der Waals surface area contributed by atoms with E-state index in [0.29, 0.717) is 6.54 Å². The normalized spacial score (nSPS) is 13.3. The average Bonchev–Trinajstić information content (AvgIpc) is 2.32. The van der Waals surface area contributed by atoms with E-state index in [9.17, 15) is 8.42 Å². The molecule has 0 spiro atoms. The van der Waals surface area contributed by atoms with E-state index >= 15 is 0 Å². The Bertz CT molecular complexity index is 506. The Kier molecular flexibility index (Phi) is 6.06. The van der Waals surface area contributed by atoms with Crippen molar-refractivity contribution in [2.75, 3.05) is 23.9 Å². The van der Waals surface area contributed by atoms with Crippen LogP contribution in [0.2, 0.25) is 0 Å². The molecule has 108 valence electrons. The van der Waals surface area contributed by atoms with Crippen LogP contribution in [0.15, 0.2) is 24.3 Å². The quantitative estimate of drug-likeness (QED) is 0.618. The number of likely N-dealkylation sites (N-methyl/N-ethyl adjacent to an activating group) is 1. The van der Waals surface area contributed by atoms with E-state index in [0.717, 1.165) is 11.3 Å². The molecule has 0 aromatic heterocycles. The molecule has 19 heavy (non-hydrogen) atoms. The number of rotatable bonds is 7. The van der Waals surface area contributed by atoms with Gasteiger partial charge in [0.1, 0.15) is 6.10 Å². The van der Waals surface area contributed by atoms with Gasteiger partial charge in [-0.05, 0) is 31.5 Å². The first-order chi connectivity index (χ1) is 8.85. The number of anilines is 1. The summed E-state index contributed by atoms with van der Waals surface area (Å²) in [5.74, 6) is -0.0257. The van der Waals surface area contributed by atoms with E-state index in [-0.39, 0.29) is 12.4 Å². The molecule has 0 aliphatic heterocycles. The molecule has 0 saturated heterocycles. The number of hydrogen-bond donors (Lipinski definition) is 1. The average molecular weight is 308 g/mol. The zero-order valence-corrected chi connectivity index (χ0v) is 12.5. The lowest BCUT2D eigenvalue weighted by Crippen LogP contribution is -2.36. The number of benzene rings is 1. The highest BCUT2D eigenvalue weighted by Gasteiger charge is 2.19. The van der Waals surface area contributed by atoms with E-state index in [4.69, 9.17) is 16.2 Å². The Morgan fingerprint density at radius 3 is 2.63 bits per heavy atom. The minimum absolute atomic E-state index is 0.0257. The fraction of sp³-hybridized carbons (Fsp3) is 0.500. The molecule has 1 rings (SSSR count). The van der Waals surface area contributed by atoms with E-state index in [1.54, 1.807) is 0 Å². The summed E-state index contributed by atoms with van der Waals surface area (Å²) in [7, 11) is -4.49. The second-order valence-electron chi connectivity index (χ2n) is 4.18. The minimum atomic E-state index is -4.49. The van der Waals surface area contributed by atoms with Gasteiger partial charge in [0, 0.05) is 18.8 Å². The molecule has 7 heteroatoms. The zero-order chi connectivity index (χ0) is 14.5. The fourth-order valence-electron chi connectivity index (χ4n) is 1.76. The molecular weight excluding hydrogens is 290 g/mol. The van der Waals surface area contributed by atoms with Gasteiger partial charge < -0.3 is 4.90 Å². The summed E-state index contributed by atoms with van der Waals surface area (Å²) in [6.45, 7) is 4.88. The Hall–Kier alpha value is -0.820. The highest BCUT2D eigenvalue weighted by molar-refractivity contribution is 7.80. The topological polar surface area (TPSA) is 66.8 Å². The van der Waals surface area contributed by atoms with Gasteiger partial charge in [-0.15, -0.1) is 11.6 Å². The lowest BCUT2D eigenvalue weighted by atomic mass is 10.2. The standard InChI is InChI=1S/C12H18ClNO4S/c1-3-14(11-6-4-5-10(2)7-11)9-12(8-13)18-19(15,16)17/h4-7,12H,3,8-9H2,1-2H3,(H,15,16,17). The summed E-state index contributed by atoms with van der Waals surface area (Å²) >= 11 is 5.67. The van der Waals surface area contributed by atoms with Crippen molar-refractivity contribution in [1.82, 2.24) is 0 Å². The molecular formula is C12H18ClNO4S. The maximum absolute atomic E-state index is 10.7. The highest BCUT2D eigenvalue weighted by Crippen LogP contribution is 2.17. The van der Waals surface area contributed by atoms with Crippen LogP contribution >= 0.6 is 11.6 Å². The Morgan fingerprint density at radius 1 is 1.47 bits per heavy atom. The molecule has 1 atom stereocenters. The molecule has 1 N–H and O–H groups in total. The first kappa shape index (κ1) is 16.2. The van der Waals surface area contributed by atoms with Gasteiger partial charge in [-0.3, -0.25) is 4.55 Å². The number of alkyl halides is 1. The summed E-state index contributed by atoms with van der Waals surface area (Å²) < 4.78 is 34.7. The lowest BCUT2D eigenvalue weighted by Gasteiger charge is -2.26. The van der Waals surface area contributed by atoms with Crippen molar-refractivity contribution in [3.63, 3.8) is 0 Å². The van der Waals surface area contributed by atoms with Crippen LogP contribution in [0.25, 0.3) is 0 Å². The maximum Gasteiger partial charge on any atom is 0.397 e. The SMILES string of the molecule is CCN(CC(CCl)OS(=O)(=O)O)c1cccc(C)c1. The van der Waals surface area contributed by atoms with Gasteiger partial charge >= 0.3 is 10.4 Å². The largest absolute Gasteiger partial charge is 0.397 e. The van der Waals surface area contributed by atoms with Crippen LogP contribution in [-0.4, -0.2) is 38.0 Å². The first-order valence-electron chi connectivity index (χ1n) is 5.89. The van der Waals surface area contributed by atoms with Crippen molar-refractivity contribution < 1.29 is 17.2 Å². The summed E-state index contributed by atoms with van der Waals surface area (Å²) in [4.78, 5) is 1.94. The van der Waals surface area contributed by atoms with E-state index in [2.05, 4.69) is 4.18 Å². The van der Waals surface area contributed by atoms with E-state index in [1.165, 1.54) is 0 Å². The molecule has 0 heterocycles. The summed E-state index contributed by atoms with van der Waals surface area (Å²) in [6, 6.07) is 7.81. The van der Waals surface area contributed by atoms with E-state index < -0.39 is 16.5 Å². The van der Waals surface area contributed by atoms with Crippen molar-refractivity contribution in [3.8, 4) is 0 Å². The van der Waals surface area contributed by atoms with Crippen LogP contribution in [0.1, 0.15) is 12.5 Å². The third-order valence-electron chi connectivity index (χ3n) is 2.60. The lowest BCUT2D eigenvalue weighted by molar-refractivity contribution is 0.204. The van der Waals surface area contributed by atoms with Crippen molar-refractivity contribution >= 4 is 27.7 Å². The van der Waals surface area contributed by atoms with Gasteiger partial charge in [-0.2, -0.15) is 8.42 Å². The second-order valence-corrected chi connectivity index (χ2v) is 5.53. The molecule has 0 aliphatic rings. The zero-order valence-electron chi connectivity index (χ0n) is 10.9. The van der Waals surface area contributed by atoms with Crippen molar-refractivity contribution in [2.24, 2.45) is 0 Å². The monoisotopic (exact) mass is 307 g/mol. The van der Waals surface area contributed by atoms with Crippen LogP contribution in [0.5, 0.6) is 0 Å². The Morgan fingerprint density at radius 2 is 2.16 bits per heavy atom. The number of hydrogen-bond acceptors (Lipinski definition) is 4. The smallest absolute Gasteiger partial charge is 0.369 e. The molecule has 1 aromatic rings. The molecule has 0 aliphatic carbocycles. The first-order valence-corrected chi connectivity index (χ1v) is 7.79. The molecule has 1 aromatic carbocycles. The van der Waals surface area contributed by atoms with Gasteiger partial charge in [0.15, 0.2) is 0 Å². The highest BCUT2D eigenvalue weighted by atomic mass is 35.5. The fourth-order valence-corrected chi connectivity index (χ4v) is 2.47. The number of halogens is 1. The number of aryl methyl sites for hydroxylation is 1. The van der Waals surface area contributed by atoms with Gasteiger partial charge in [0.2, 0.25) is 0 Å². The molecule has 0 amide bonds. The van der Waals surface area contributed by atoms with Crippen LogP contribution in [-0.2, 0) is 14.6 Å². The van der Waals surface area contributed by atoms with Crippen molar-refractivity contribution in [2.45, 2.75) is 20.0 Å². The Labute approximate surface area is 119 Å². The third-order valence-corrected chi connectivity index (χ3v) is 3.46. The van der Waals surface area contributed by atoms with Gasteiger partial charge in [-0.1, -0.05) is 12.1 Å². The molecule has 0 bridgehead atoms. The van der Waals surface area contributed by atoms with Crippen LogP contribution < -0.4 is 4.90 Å². The second kappa shape index (κ2) is 7.09. The number of nitrogens with zero attached hydrogens (tertiary/aromatic N) is 1. The van der Waals surface area contributed by atoms with Crippen molar-refractivity contribution in [1.29, 1.82) is 0 Å².